The number of hydrogen-bond donors (Lipinski definition) is 1. The molecular weight excluding hydrogens is 279 g/mol. The van der Waals surface area contributed by atoms with Crippen molar-refractivity contribution in [2.24, 2.45) is 5.73 Å². The molecule has 2 N–H and O–H groups in total. The van der Waals surface area contributed by atoms with Crippen LogP contribution in [0.2, 0.25) is 0 Å². The quantitative estimate of drug-likeness (QED) is 0.854. The molecular formula is C16H24F3NO. The van der Waals surface area contributed by atoms with Crippen molar-refractivity contribution in [2.75, 3.05) is 6.54 Å². The molecule has 2 nitrogen and oxygen atoms in total. The second-order valence-electron chi connectivity index (χ2n) is 6.42. The van der Waals surface area contributed by atoms with Gasteiger partial charge in [-0.05, 0) is 54.0 Å². The third kappa shape index (κ3) is 5.96. The summed E-state index contributed by atoms with van der Waals surface area (Å²) in [7, 11) is 0. The number of ether oxygens (including phenoxy) is 1. The summed E-state index contributed by atoms with van der Waals surface area (Å²) in [6, 6.07) is 4.90. The fourth-order valence-corrected chi connectivity index (χ4v) is 2.12. The van der Waals surface area contributed by atoms with E-state index in [2.05, 4.69) is 4.74 Å². The van der Waals surface area contributed by atoms with E-state index in [0.717, 1.165) is 24.0 Å². The Bertz CT molecular complexity index is 464. The average molecular weight is 303 g/mol. The van der Waals surface area contributed by atoms with Gasteiger partial charge in [-0.1, -0.05) is 33.8 Å². The van der Waals surface area contributed by atoms with Gasteiger partial charge in [0.05, 0.1) is 0 Å². The van der Waals surface area contributed by atoms with Gasteiger partial charge in [0.1, 0.15) is 5.75 Å². The Morgan fingerprint density at radius 1 is 1.14 bits per heavy atom. The molecule has 0 aliphatic carbocycles. The second-order valence-corrected chi connectivity index (χ2v) is 6.42. The zero-order valence-corrected chi connectivity index (χ0v) is 13.1. The Balaban J connectivity index is 3.15. The maximum atomic E-state index is 12.5. The standard InChI is InChI=1S/C16H24F3NO/c1-11(6-5-7-20)12-8-13(15(2,3)4)10-14(9-12)21-16(17,18)19/h8-11H,5-7,20H2,1-4H3. The zero-order valence-electron chi connectivity index (χ0n) is 13.1. The first-order valence-corrected chi connectivity index (χ1v) is 7.14. The highest BCUT2D eigenvalue weighted by Gasteiger charge is 2.32. The van der Waals surface area contributed by atoms with Crippen LogP contribution < -0.4 is 10.5 Å². The predicted molar refractivity (Wildman–Crippen MR) is 78.5 cm³/mol. The van der Waals surface area contributed by atoms with Crippen molar-refractivity contribution in [1.82, 2.24) is 0 Å². The molecule has 0 amide bonds. The van der Waals surface area contributed by atoms with Gasteiger partial charge in [0, 0.05) is 0 Å². The van der Waals surface area contributed by atoms with E-state index in [1.165, 1.54) is 12.1 Å². The predicted octanol–water partition coefficient (Wildman–Crippen LogP) is 4.73. The molecule has 1 atom stereocenters. The molecule has 0 saturated carbocycles. The summed E-state index contributed by atoms with van der Waals surface area (Å²) in [6.45, 7) is 8.47. The lowest BCUT2D eigenvalue weighted by molar-refractivity contribution is -0.274. The molecule has 0 heterocycles. The van der Waals surface area contributed by atoms with E-state index in [1.54, 1.807) is 0 Å². The number of nitrogens with two attached hydrogens (primary N) is 1. The number of alkyl halides is 3. The summed E-state index contributed by atoms with van der Waals surface area (Å²) in [5.74, 6) is -0.00374. The van der Waals surface area contributed by atoms with E-state index in [0.29, 0.717) is 6.54 Å². The molecule has 0 spiro atoms. The summed E-state index contributed by atoms with van der Waals surface area (Å²) in [5.41, 5.74) is 6.94. The van der Waals surface area contributed by atoms with Gasteiger partial charge in [0.15, 0.2) is 0 Å². The Morgan fingerprint density at radius 3 is 2.24 bits per heavy atom. The molecule has 21 heavy (non-hydrogen) atoms. The normalized spacial score (nSPS) is 14.1. The monoisotopic (exact) mass is 303 g/mol. The van der Waals surface area contributed by atoms with Crippen LogP contribution in [0.5, 0.6) is 5.75 Å². The maximum Gasteiger partial charge on any atom is 0.573 e. The van der Waals surface area contributed by atoms with Gasteiger partial charge in [-0.25, -0.2) is 0 Å². The summed E-state index contributed by atoms with van der Waals surface area (Å²) in [5, 5.41) is 0. The number of halogens is 3. The Morgan fingerprint density at radius 2 is 1.76 bits per heavy atom. The van der Waals surface area contributed by atoms with Gasteiger partial charge in [0.2, 0.25) is 0 Å². The third-order valence-corrected chi connectivity index (χ3v) is 3.44. The molecule has 0 bridgehead atoms. The summed E-state index contributed by atoms with van der Waals surface area (Å²) >= 11 is 0. The van der Waals surface area contributed by atoms with Crippen LogP contribution in [0.1, 0.15) is 57.6 Å². The van der Waals surface area contributed by atoms with Crippen molar-refractivity contribution in [3.8, 4) is 5.75 Å². The smallest absolute Gasteiger partial charge is 0.406 e. The SMILES string of the molecule is CC(CCCN)c1cc(OC(F)(F)F)cc(C(C)(C)C)c1. The van der Waals surface area contributed by atoms with Gasteiger partial charge in [-0.3, -0.25) is 0 Å². The van der Waals surface area contributed by atoms with Crippen LogP contribution in [-0.4, -0.2) is 12.9 Å². The van der Waals surface area contributed by atoms with Crippen molar-refractivity contribution in [3.63, 3.8) is 0 Å². The van der Waals surface area contributed by atoms with Crippen LogP contribution >= 0.6 is 0 Å². The molecule has 0 fully saturated rings. The first-order valence-electron chi connectivity index (χ1n) is 7.14. The molecule has 5 heteroatoms. The Hall–Kier alpha value is -1.23. The van der Waals surface area contributed by atoms with E-state index in [4.69, 9.17) is 5.73 Å². The fraction of sp³-hybridized carbons (Fsp3) is 0.625. The minimum Gasteiger partial charge on any atom is -0.406 e. The molecule has 1 rings (SSSR count). The van der Waals surface area contributed by atoms with Gasteiger partial charge < -0.3 is 10.5 Å². The van der Waals surface area contributed by atoms with Crippen molar-refractivity contribution < 1.29 is 17.9 Å². The number of hydrogen-bond acceptors (Lipinski definition) is 2. The highest BCUT2D eigenvalue weighted by Crippen LogP contribution is 2.34. The molecule has 0 aromatic heterocycles. The van der Waals surface area contributed by atoms with Crippen LogP contribution in [-0.2, 0) is 5.41 Å². The van der Waals surface area contributed by atoms with Crippen molar-refractivity contribution in [2.45, 2.75) is 58.2 Å². The summed E-state index contributed by atoms with van der Waals surface area (Å²) in [6.07, 6.45) is -2.99. The van der Waals surface area contributed by atoms with Crippen molar-refractivity contribution >= 4 is 0 Å². The van der Waals surface area contributed by atoms with Crippen molar-refractivity contribution in [1.29, 1.82) is 0 Å². The van der Waals surface area contributed by atoms with Crippen LogP contribution in [0.3, 0.4) is 0 Å². The lowest BCUT2D eigenvalue weighted by atomic mass is 9.84. The molecule has 1 unspecified atom stereocenters. The molecule has 0 radical (unpaired) electrons. The highest BCUT2D eigenvalue weighted by molar-refractivity contribution is 5.39. The molecule has 0 aliphatic rings. The van der Waals surface area contributed by atoms with Crippen LogP contribution in [0, 0.1) is 0 Å². The average Bonchev–Trinajstić information content (AvgIpc) is 2.32. The van der Waals surface area contributed by atoms with E-state index in [9.17, 15) is 13.2 Å². The van der Waals surface area contributed by atoms with Crippen LogP contribution in [0.15, 0.2) is 18.2 Å². The first-order chi connectivity index (χ1) is 9.53. The molecule has 0 saturated heterocycles. The minimum atomic E-state index is -4.67. The molecule has 120 valence electrons. The van der Waals surface area contributed by atoms with Crippen LogP contribution in [0.4, 0.5) is 13.2 Å². The van der Waals surface area contributed by atoms with E-state index in [1.807, 2.05) is 33.8 Å². The van der Waals surface area contributed by atoms with Crippen molar-refractivity contribution in [3.05, 3.63) is 29.3 Å². The van der Waals surface area contributed by atoms with E-state index >= 15 is 0 Å². The minimum absolute atomic E-state index is 0.145. The number of benzene rings is 1. The van der Waals surface area contributed by atoms with Gasteiger partial charge in [0.25, 0.3) is 0 Å². The second kappa shape index (κ2) is 6.69. The van der Waals surface area contributed by atoms with E-state index < -0.39 is 6.36 Å². The first kappa shape index (κ1) is 17.8. The Labute approximate surface area is 124 Å². The fourth-order valence-electron chi connectivity index (χ4n) is 2.12. The van der Waals surface area contributed by atoms with E-state index in [-0.39, 0.29) is 17.1 Å². The summed E-state index contributed by atoms with van der Waals surface area (Å²) in [4.78, 5) is 0. The lowest BCUT2D eigenvalue weighted by Gasteiger charge is -2.23. The van der Waals surface area contributed by atoms with Gasteiger partial charge in [-0.15, -0.1) is 13.2 Å². The zero-order chi connectivity index (χ0) is 16.3. The van der Waals surface area contributed by atoms with Gasteiger partial charge in [-0.2, -0.15) is 0 Å². The highest BCUT2D eigenvalue weighted by atomic mass is 19.4. The Kier molecular flexibility index (Phi) is 5.68. The molecule has 0 aliphatic heterocycles. The van der Waals surface area contributed by atoms with Crippen LogP contribution in [0.25, 0.3) is 0 Å². The topological polar surface area (TPSA) is 35.2 Å². The molecule has 1 aromatic rings. The van der Waals surface area contributed by atoms with Gasteiger partial charge >= 0.3 is 6.36 Å². The summed E-state index contributed by atoms with van der Waals surface area (Å²) < 4.78 is 41.5. The third-order valence-electron chi connectivity index (χ3n) is 3.44. The number of rotatable bonds is 5. The maximum absolute atomic E-state index is 12.5. The molecule has 1 aromatic carbocycles. The lowest BCUT2D eigenvalue weighted by Crippen LogP contribution is -2.19. The largest absolute Gasteiger partial charge is 0.573 e.